The van der Waals surface area contributed by atoms with E-state index < -0.39 is 5.54 Å². The molecule has 0 bridgehead atoms. The number of nitrogens with zero attached hydrogens (tertiary/aromatic N) is 1. The molecule has 1 aromatic rings. The molecule has 0 spiro atoms. The van der Waals surface area contributed by atoms with Crippen LogP contribution < -0.4 is 10.6 Å². The van der Waals surface area contributed by atoms with E-state index in [4.69, 9.17) is 5.41 Å². The molecule has 1 aromatic carbocycles. The zero-order valence-corrected chi connectivity index (χ0v) is 17.5. The molecule has 2 aliphatic rings. The van der Waals surface area contributed by atoms with Gasteiger partial charge in [-0.3, -0.25) is 19.9 Å². The first-order chi connectivity index (χ1) is 14.1. The van der Waals surface area contributed by atoms with Crippen LogP contribution in [0.25, 0.3) is 0 Å². The van der Waals surface area contributed by atoms with Gasteiger partial charge in [0.2, 0.25) is 6.41 Å². The summed E-state index contributed by atoms with van der Waals surface area (Å²) in [7, 11) is 0. The lowest BCUT2D eigenvalue weighted by atomic mass is 9.77. The third-order valence-electron chi connectivity index (χ3n) is 6.35. The van der Waals surface area contributed by atoms with Gasteiger partial charge >= 0.3 is 0 Å². The number of hydrogen-bond donors (Lipinski definition) is 3. The van der Waals surface area contributed by atoms with E-state index in [0.717, 1.165) is 36.8 Å². The second kappa shape index (κ2) is 9.90. The Bertz CT molecular complexity index is 712. The monoisotopic (exact) mass is 398 g/mol. The van der Waals surface area contributed by atoms with Crippen molar-refractivity contribution in [2.45, 2.75) is 83.3 Å². The van der Waals surface area contributed by atoms with E-state index in [1.807, 2.05) is 24.3 Å². The fraction of sp³-hybridized carbons (Fsp3) is 0.609. The van der Waals surface area contributed by atoms with Gasteiger partial charge in [-0.05, 0) is 29.9 Å². The van der Waals surface area contributed by atoms with E-state index in [1.54, 1.807) is 4.90 Å². The Labute approximate surface area is 173 Å². The minimum atomic E-state index is -0.608. The lowest BCUT2D eigenvalue weighted by Crippen LogP contribution is -2.48. The van der Waals surface area contributed by atoms with Crippen molar-refractivity contribution in [3.8, 4) is 0 Å². The lowest BCUT2D eigenvalue weighted by molar-refractivity contribution is -0.132. The van der Waals surface area contributed by atoms with Crippen molar-refractivity contribution in [2.24, 2.45) is 5.92 Å². The number of nitrogens with one attached hydrogen (secondary N) is 3. The smallest absolute Gasteiger partial charge is 0.255 e. The zero-order chi connectivity index (χ0) is 20.7. The Morgan fingerprint density at radius 1 is 1.21 bits per heavy atom. The molecule has 2 fully saturated rings. The van der Waals surface area contributed by atoms with Crippen LogP contribution in [0, 0.1) is 11.3 Å². The van der Waals surface area contributed by atoms with E-state index in [1.165, 1.54) is 32.1 Å². The molecule has 0 aromatic heterocycles. The Morgan fingerprint density at radius 3 is 2.55 bits per heavy atom. The molecule has 2 amide bonds. The quantitative estimate of drug-likeness (QED) is 0.525. The lowest BCUT2D eigenvalue weighted by Gasteiger charge is -2.33. The predicted octanol–water partition coefficient (Wildman–Crippen LogP) is 3.70. The number of carbonyl (C=O) groups excluding carboxylic acids is 2. The highest BCUT2D eigenvalue weighted by Gasteiger charge is 2.49. The number of hydrogen-bond acceptors (Lipinski definition) is 3. The Morgan fingerprint density at radius 2 is 1.90 bits per heavy atom. The first kappa shape index (κ1) is 21.3. The Hall–Kier alpha value is -2.37. The van der Waals surface area contributed by atoms with Gasteiger partial charge in [-0.1, -0.05) is 76.1 Å². The molecule has 1 heterocycles. The SMILES string of the molecule is CCCCC1(CC2CCCCC2)NC(=N)N(Cc2ccc(CNC=O)cc2)C1=O. The molecule has 1 saturated carbocycles. The predicted molar refractivity (Wildman–Crippen MR) is 114 cm³/mol. The standard InChI is InChI=1S/C23H34N4O2/c1-2-3-13-23(14-18-7-5-4-6-8-18)21(29)27(22(24)26-23)16-20-11-9-19(10-12-20)15-25-17-28/h9-12,17-18H,2-8,13-16H2,1H3,(H2,24,26)(H,25,28). The van der Waals surface area contributed by atoms with Crippen molar-refractivity contribution in [1.82, 2.24) is 15.5 Å². The minimum Gasteiger partial charge on any atom is -0.355 e. The third kappa shape index (κ3) is 5.17. The molecule has 0 radical (unpaired) electrons. The van der Waals surface area contributed by atoms with Crippen LogP contribution >= 0.6 is 0 Å². The first-order valence-corrected chi connectivity index (χ1v) is 11.0. The van der Waals surface area contributed by atoms with Gasteiger partial charge in [0, 0.05) is 6.54 Å². The van der Waals surface area contributed by atoms with Crippen LogP contribution in [0.15, 0.2) is 24.3 Å². The second-order valence-corrected chi connectivity index (χ2v) is 8.57. The van der Waals surface area contributed by atoms with E-state index in [-0.39, 0.29) is 11.9 Å². The molecule has 1 unspecified atom stereocenters. The highest BCUT2D eigenvalue weighted by Crippen LogP contribution is 2.36. The number of rotatable bonds is 10. The molecule has 1 aliphatic heterocycles. The highest BCUT2D eigenvalue weighted by atomic mass is 16.2. The van der Waals surface area contributed by atoms with Gasteiger partial charge < -0.3 is 10.6 Å². The summed E-state index contributed by atoms with van der Waals surface area (Å²) in [6.07, 6.45) is 10.6. The van der Waals surface area contributed by atoms with Gasteiger partial charge in [-0.15, -0.1) is 0 Å². The van der Waals surface area contributed by atoms with Gasteiger partial charge in [-0.25, -0.2) is 0 Å². The topological polar surface area (TPSA) is 85.3 Å². The van der Waals surface area contributed by atoms with E-state index in [0.29, 0.717) is 25.4 Å². The number of amides is 2. The summed E-state index contributed by atoms with van der Waals surface area (Å²) in [6.45, 7) is 3.05. The van der Waals surface area contributed by atoms with Gasteiger partial charge in [-0.2, -0.15) is 0 Å². The fourth-order valence-corrected chi connectivity index (χ4v) is 4.74. The normalized spacial score (nSPS) is 22.6. The highest BCUT2D eigenvalue weighted by molar-refractivity contribution is 6.07. The molecular formula is C23H34N4O2. The molecular weight excluding hydrogens is 364 g/mol. The molecule has 1 saturated heterocycles. The van der Waals surface area contributed by atoms with Crippen LogP contribution in [0.2, 0.25) is 0 Å². The van der Waals surface area contributed by atoms with Crippen LogP contribution in [-0.4, -0.2) is 28.7 Å². The summed E-state index contributed by atoms with van der Waals surface area (Å²) in [5.41, 5.74) is 1.39. The van der Waals surface area contributed by atoms with Crippen molar-refractivity contribution in [1.29, 1.82) is 5.41 Å². The minimum absolute atomic E-state index is 0.0632. The summed E-state index contributed by atoms with van der Waals surface area (Å²) in [5.74, 6) is 0.872. The van der Waals surface area contributed by atoms with Crippen LogP contribution in [0.4, 0.5) is 0 Å². The average molecular weight is 399 g/mol. The number of unbranched alkanes of at least 4 members (excludes halogenated alkanes) is 1. The number of benzene rings is 1. The van der Waals surface area contributed by atoms with Crippen molar-refractivity contribution >= 4 is 18.3 Å². The third-order valence-corrected chi connectivity index (χ3v) is 6.35. The molecule has 29 heavy (non-hydrogen) atoms. The average Bonchev–Trinajstić information content (AvgIpc) is 2.97. The molecule has 1 atom stereocenters. The molecule has 158 valence electrons. The maximum absolute atomic E-state index is 13.5. The summed E-state index contributed by atoms with van der Waals surface area (Å²) < 4.78 is 0. The summed E-state index contributed by atoms with van der Waals surface area (Å²) in [5, 5.41) is 14.4. The zero-order valence-electron chi connectivity index (χ0n) is 17.5. The first-order valence-electron chi connectivity index (χ1n) is 11.0. The molecule has 6 heteroatoms. The summed E-state index contributed by atoms with van der Waals surface area (Å²) in [4.78, 5) is 25.6. The van der Waals surface area contributed by atoms with Crippen molar-refractivity contribution in [3.05, 3.63) is 35.4 Å². The fourth-order valence-electron chi connectivity index (χ4n) is 4.74. The van der Waals surface area contributed by atoms with E-state index >= 15 is 0 Å². The van der Waals surface area contributed by atoms with Crippen LogP contribution in [-0.2, 0) is 22.7 Å². The number of carbonyl (C=O) groups is 2. The summed E-state index contributed by atoms with van der Waals surface area (Å²) >= 11 is 0. The Balaban J connectivity index is 1.71. The van der Waals surface area contributed by atoms with Gasteiger partial charge in [0.15, 0.2) is 5.96 Å². The maximum atomic E-state index is 13.5. The number of guanidine groups is 1. The van der Waals surface area contributed by atoms with Crippen molar-refractivity contribution in [2.75, 3.05) is 0 Å². The van der Waals surface area contributed by atoms with Gasteiger partial charge in [0.05, 0.1) is 6.54 Å². The molecule has 1 aliphatic carbocycles. The van der Waals surface area contributed by atoms with E-state index in [9.17, 15) is 9.59 Å². The molecule has 3 rings (SSSR count). The second-order valence-electron chi connectivity index (χ2n) is 8.57. The molecule has 6 nitrogen and oxygen atoms in total. The van der Waals surface area contributed by atoms with Crippen molar-refractivity contribution in [3.63, 3.8) is 0 Å². The largest absolute Gasteiger partial charge is 0.355 e. The van der Waals surface area contributed by atoms with Crippen LogP contribution in [0.3, 0.4) is 0 Å². The van der Waals surface area contributed by atoms with Crippen LogP contribution in [0.5, 0.6) is 0 Å². The van der Waals surface area contributed by atoms with E-state index in [2.05, 4.69) is 17.6 Å². The Kier molecular flexibility index (Phi) is 7.29. The maximum Gasteiger partial charge on any atom is 0.255 e. The van der Waals surface area contributed by atoms with Gasteiger partial charge in [0.1, 0.15) is 5.54 Å². The van der Waals surface area contributed by atoms with Crippen molar-refractivity contribution < 1.29 is 9.59 Å². The van der Waals surface area contributed by atoms with Crippen LogP contribution in [0.1, 0.15) is 75.8 Å². The van der Waals surface area contributed by atoms with Gasteiger partial charge in [0.25, 0.3) is 5.91 Å². The molecule has 3 N–H and O–H groups in total. The summed E-state index contributed by atoms with van der Waals surface area (Å²) in [6, 6.07) is 7.84.